The Morgan fingerprint density at radius 2 is 1.94 bits per heavy atom. The molecule has 1 aromatic carbocycles. The number of nitrogens with zero attached hydrogens (tertiary/aromatic N) is 1. The monoisotopic (exact) mass is 245 g/mol. The molecule has 2 rings (SSSR count). The summed E-state index contributed by atoms with van der Waals surface area (Å²) in [6.07, 6.45) is 2.17. The molecule has 0 aromatic heterocycles. The number of hydrogen-bond acceptors (Lipinski definition) is 2. The number of benzene rings is 1. The second-order valence-electron chi connectivity index (χ2n) is 6.47. The standard InChI is InChI=1S/C16H23NO/c1-15(2,3)16(13-18)9-10-17(12-16)11-14-7-5-4-6-8-14/h4-8,13H,9-12H2,1-3H3/t16-/m0/s1. The van der Waals surface area contributed by atoms with Gasteiger partial charge in [0.15, 0.2) is 0 Å². The van der Waals surface area contributed by atoms with Gasteiger partial charge in [-0.25, -0.2) is 0 Å². The molecule has 1 aliphatic rings. The first-order chi connectivity index (χ1) is 8.47. The van der Waals surface area contributed by atoms with Crippen molar-refractivity contribution in [3.8, 4) is 0 Å². The normalized spacial score (nSPS) is 25.3. The third-order valence-electron chi connectivity index (χ3n) is 4.35. The van der Waals surface area contributed by atoms with Crippen LogP contribution >= 0.6 is 0 Å². The van der Waals surface area contributed by atoms with Gasteiger partial charge in [0.1, 0.15) is 6.29 Å². The van der Waals surface area contributed by atoms with E-state index in [2.05, 4.69) is 49.9 Å². The van der Waals surface area contributed by atoms with Crippen LogP contribution in [-0.2, 0) is 11.3 Å². The Hall–Kier alpha value is -1.15. The van der Waals surface area contributed by atoms with Gasteiger partial charge in [-0.3, -0.25) is 4.90 Å². The van der Waals surface area contributed by atoms with Crippen molar-refractivity contribution in [3.63, 3.8) is 0 Å². The number of aldehydes is 1. The van der Waals surface area contributed by atoms with Crippen molar-refractivity contribution in [1.29, 1.82) is 0 Å². The Bertz CT molecular complexity index is 407. The summed E-state index contributed by atoms with van der Waals surface area (Å²) in [4.78, 5) is 13.9. The molecule has 0 bridgehead atoms. The molecule has 1 aliphatic heterocycles. The van der Waals surface area contributed by atoms with Crippen molar-refractivity contribution >= 4 is 6.29 Å². The minimum absolute atomic E-state index is 0.0419. The molecule has 1 saturated heterocycles. The van der Waals surface area contributed by atoms with Crippen LogP contribution < -0.4 is 0 Å². The van der Waals surface area contributed by atoms with Gasteiger partial charge in [-0.05, 0) is 23.9 Å². The van der Waals surface area contributed by atoms with Gasteiger partial charge < -0.3 is 4.79 Å². The van der Waals surface area contributed by atoms with E-state index in [0.29, 0.717) is 0 Å². The molecular weight excluding hydrogens is 222 g/mol. The smallest absolute Gasteiger partial charge is 0.127 e. The zero-order chi connectivity index (χ0) is 13.2. The minimum Gasteiger partial charge on any atom is -0.303 e. The van der Waals surface area contributed by atoms with Gasteiger partial charge in [0.2, 0.25) is 0 Å². The Kier molecular flexibility index (Phi) is 3.58. The fourth-order valence-corrected chi connectivity index (χ4v) is 2.78. The number of carbonyl (C=O) groups excluding carboxylic acids is 1. The van der Waals surface area contributed by atoms with E-state index in [0.717, 1.165) is 26.1 Å². The first-order valence-corrected chi connectivity index (χ1v) is 6.69. The van der Waals surface area contributed by atoms with E-state index in [4.69, 9.17) is 0 Å². The molecule has 18 heavy (non-hydrogen) atoms. The van der Waals surface area contributed by atoms with Gasteiger partial charge in [-0.2, -0.15) is 0 Å². The second kappa shape index (κ2) is 4.85. The maximum Gasteiger partial charge on any atom is 0.127 e. The number of carbonyl (C=O) groups is 1. The summed E-state index contributed by atoms with van der Waals surface area (Å²) in [6, 6.07) is 10.5. The highest BCUT2D eigenvalue weighted by Gasteiger charge is 2.46. The van der Waals surface area contributed by atoms with Crippen molar-refractivity contribution in [3.05, 3.63) is 35.9 Å². The van der Waals surface area contributed by atoms with Gasteiger partial charge in [0.25, 0.3) is 0 Å². The van der Waals surface area contributed by atoms with Crippen molar-refractivity contribution < 1.29 is 4.79 Å². The van der Waals surface area contributed by atoms with Crippen LogP contribution in [0.4, 0.5) is 0 Å². The van der Waals surface area contributed by atoms with Crippen LogP contribution in [0, 0.1) is 10.8 Å². The van der Waals surface area contributed by atoms with Crippen LogP contribution in [0.15, 0.2) is 30.3 Å². The number of rotatable bonds is 3. The SMILES string of the molecule is CC(C)(C)[C@@]1(C=O)CCN(Cc2ccccc2)C1. The lowest BCUT2D eigenvalue weighted by atomic mass is 9.67. The molecule has 0 radical (unpaired) electrons. The highest BCUT2D eigenvalue weighted by atomic mass is 16.1. The van der Waals surface area contributed by atoms with E-state index in [1.54, 1.807) is 0 Å². The van der Waals surface area contributed by atoms with Crippen LogP contribution in [0.5, 0.6) is 0 Å². The highest BCUT2D eigenvalue weighted by molar-refractivity contribution is 5.62. The molecular formula is C16H23NO. The maximum absolute atomic E-state index is 11.5. The molecule has 0 N–H and O–H groups in total. The Balaban J connectivity index is 2.06. The average molecular weight is 245 g/mol. The quantitative estimate of drug-likeness (QED) is 0.763. The summed E-state index contributed by atoms with van der Waals surface area (Å²) in [5, 5.41) is 0. The number of hydrogen-bond donors (Lipinski definition) is 0. The van der Waals surface area contributed by atoms with Crippen LogP contribution in [0.25, 0.3) is 0 Å². The zero-order valence-corrected chi connectivity index (χ0v) is 11.6. The summed E-state index contributed by atoms with van der Waals surface area (Å²) in [7, 11) is 0. The minimum atomic E-state index is -0.179. The Labute approximate surface area is 110 Å². The van der Waals surface area contributed by atoms with Gasteiger partial charge >= 0.3 is 0 Å². The lowest BCUT2D eigenvalue weighted by molar-refractivity contribution is -0.121. The van der Waals surface area contributed by atoms with E-state index >= 15 is 0 Å². The van der Waals surface area contributed by atoms with E-state index < -0.39 is 0 Å². The Morgan fingerprint density at radius 3 is 2.44 bits per heavy atom. The summed E-state index contributed by atoms with van der Waals surface area (Å²) in [5.74, 6) is 0. The van der Waals surface area contributed by atoms with E-state index in [1.165, 1.54) is 11.8 Å². The molecule has 0 saturated carbocycles. The van der Waals surface area contributed by atoms with Gasteiger partial charge in [-0.15, -0.1) is 0 Å². The highest BCUT2D eigenvalue weighted by Crippen LogP contribution is 2.44. The molecule has 0 amide bonds. The van der Waals surface area contributed by atoms with Crippen LogP contribution in [0.3, 0.4) is 0 Å². The van der Waals surface area contributed by atoms with E-state index in [-0.39, 0.29) is 10.8 Å². The predicted octanol–water partition coefficient (Wildman–Crippen LogP) is 3.12. The summed E-state index contributed by atoms with van der Waals surface area (Å²) in [6.45, 7) is 9.38. The molecule has 2 nitrogen and oxygen atoms in total. The van der Waals surface area contributed by atoms with Crippen LogP contribution in [0.2, 0.25) is 0 Å². The molecule has 1 fully saturated rings. The lowest BCUT2D eigenvalue weighted by Gasteiger charge is -2.37. The van der Waals surface area contributed by atoms with Crippen LogP contribution in [-0.4, -0.2) is 24.3 Å². The molecule has 1 heterocycles. The first kappa shape index (κ1) is 13.3. The van der Waals surface area contributed by atoms with Crippen LogP contribution in [0.1, 0.15) is 32.8 Å². The molecule has 1 atom stereocenters. The third kappa shape index (κ3) is 2.49. The maximum atomic E-state index is 11.5. The lowest BCUT2D eigenvalue weighted by Crippen LogP contribution is -2.39. The molecule has 0 spiro atoms. The zero-order valence-electron chi connectivity index (χ0n) is 11.6. The van der Waals surface area contributed by atoms with Crippen molar-refractivity contribution in [2.75, 3.05) is 13.1 Å². The van der Waals surface area contributed by atoms with E-state index in [1.807, 2.05) is 6.07 Å². The number of likely N-dealkylation sites (tertiary alicyclic amines) is 1. The fraction of sp³-hybridized carbons (Fsp3) is 0.562. The molecule has 1 aromatic rings. The van der Waals surface area contributed by atoms with Crippen molar-refractivity contribution in [2.45, 2.75) is 33.7 Å². The van der Waals surface area contributed by atoms with E-state index in [9.17, 15) is 4.79 Å². The largest absolute Gasteiger partial charge is 0.303 e. The summed E-state index contributed by atoms with van der Waals surface area (Å²) >= 11 is 0. The van der Waals surface area contributed by atoms with Gasteiger partial charge in [0.05, 0.1) is 0 Å². The molecule has 0 aliphatic carbocycles. The summed E-state index contributed by atoms with van der Waals surface area (Å²) in [5.41, 5.74) is 1.19. The van der Waals surface area contributed by atoms with Gasteiger partial charge in [0, 0.05) is 18.5 Å². The van der Waals surface area contributed by atoms with Crippen molar-refractivity contribution in [1.82, 2.24) is 4.90 Å². The Morgan fingerprint density at radius 1 is 1.28 bits per heavy atom. The average Bonchev–Trinajstić information content (AvgIpc) is 2.74. The molecule has 0 unspecified atom stereocenters. The van der Waals surface area contributed by atoms with Crippen molar-refractivity contribution in [2.24, 2.45) is 10.8 Å². The summed E-state index contributed by atoms with van der Waals surface area (Å²) < 4.78 is 0. The first-order valence-electron chi connectivity index (χ1n) is 6.69. The molecule has 2 heteroatoms. The molecule has 98 valence electrons. The second-order valence-corrected chi connectivity index (χ2v) is 6.47. The predicted molar refractivity (Wildman–Crippen MR) is 74.3 cm³/mol. The third-order valence-corrected chi connectivity index (χ3v) is 4.35. The topological polar surface area (TPSA) is 20.3 Å². The fourth-order valence-electron chi connectivity index (χ4n) is 2.78. The van der Waals surface area contributed by atoms with Gasteiger partial charge in [-0.1, -0.05) is 51.1 Å².